The van der Waals surface area contributed by atoms with Gasteiger partial charge >= 0.3 is 0 Å². The van der Waals surface area contributed by atoms with Gasteiger partial charge in [-0.2, -0.15) is 5.10 Å². The molecule has 0 aliphatic heterocycles. The summed E-state index contributed by atoms with van der Waals surface area (Å²) in [6.45, 7) is 6.73. The molecule has 1 aliphatic rings. The van der Waals surface area contributed by atoms with Crippen LogP contribution in [0.1, 0.15) is 32.7 Å². The molecule has 16 heavy (non-hydrogen) atoms. The number of halogens is 1. The quantitative estimate of drug-likeness (QED) is 0.902. The molecule has 0 radical (unpaired) electrons. The molecule has 0 saturated heterocycles. The molecule has 0 aromatic carbocycles. The van der Waals surface area contributed by atoms with Gasteiger partial charge in [-0.05, 0) is 47.2 Å². The van der Waals surface area contributed by atoms with Crippen molar-refractivity contribution in [2.45, 2.75) is 32.7 Å². The highest BCUT2D eigenvalue weighted by Gasteiger charge is 2.32. The van der Waals surface area contributed by atoms with Crippen LogP contribution in [0.15, 0.2) is 16.9 Å². The number of aromatic nitrogens is 2. The zero-order chi connectivity index (χ0) is 11.5. The number of hydrogen-bond acceptors (Lipinski definition) is 2. The summed E-state index contributed by atoms with van der Waals surface area (Å²) in [5.74, 6) is 1.49. The Balaban J connectivity index is 1.80. The molecule has 1 fully saturated rings. The molecule has 0 spiro atoms. The van der Waals surface area contributed by atoms with Crippen molar-refractivity contribution in [1.82, 2.24) is 15.1 Å². The van der Waals surface area contributed by atoms with E-state index in [1.807, 2.05) is 6.20 Å². The highest BCUT2D eigenvalue weighted by Crippen LogP contribution is 2.37. The second-order valence-corrected chi connectivity index (χ2v) is 6.01. The van der Waals surface area contributed by atoms with E-state index in [1.165, 1.54) is 12.8 Å². The first kappa shape index (κ1) is 12.1. The van der Waals surface area contributed by atoms with Gasteiger partial charge in [0, 0.05) is 12.7 Å². The summed E-state index contributed by atoms with van der Waals surface area (Å²) in [6.07, 6.45) is 6.55. The molecule has 1 heterocycles. The van der Waals surface area contributed by atoms with Gasteiger partial charge in [0.25, 0.3) is 0 Å². The third-order valence-electron chi connectivity index (χ3n) is 3.25. The molecule has 4 heteroatoms. The van der Waals surface area contributed by atoms with Crippen LogP contribution in [0.3, 0.4) is 0 Å². The van der Waals surface area contributed by atoms with E-state index < -0.39 is 0 Å². The number of hydrogen-bond donors (Lipinski definition) is 1. The maximum atomic E-state index is 4.37. The fraction of sp³-hybridized carbons (Fsp3) is 0.750. The zero-order valence-corrected chi connectivity index (χ0v) is 11.6. The summed E-state index contributed by atoms with van der Waals surface area (Å²) in [4.78, 5) is 0. The van der Waals surface area contributed by atoms with Crippen molar-refractivity contribution >= 4 is 15.9 Å². The van der Waals surface area contributed by atoms with Gasteiger partial charge in [0.2, 0.25) is 0 Å². The summed E-state index contributed by atoms with van der Waals surface area (Å²) < 4.78 is 3.18. The average Bonchev–Trinajstić information content (AvgIpc) is 2.57. The van der Waals surface area contributed by atoms with Crippen LogP contribution < -0.4 is 5.32 Å². The molecule has 2 rings (SSSR count). The smallest absolute Gasteiger partial charge is 0.0632 e. The summed E-state index contributed by atoms with van der Waals surface area (Å²) in [7, 11) is 0. The van der Waals surface area contributed by atoms with Crippen LogP contribution in [0.5, 0.6) is 0 Å². The van der Waals surface area contributed by atoms with E-state index in [-0.39, 0.29) is 0 Å². The van der Waals surface area contributed by atoms with Crippen molar-refractivity contribution in [3.63, 3.8) is 0 Å². The molecule has 2 atom stereocenters. The fourth-order valence-corrected chi connectivity index (χ4v) is 2.49. The Bertz CT molecular complexity index is 335. The summed E-state index contributed by atoms with van der Waals surface area (Å²) in [5.41, 5.74) is 0. The molecule has 1 aromatic rings. The van der Waals surface area contributed by atoms with E-state index >= 15 is 0 Å². The number of nitrogens with zero attached hydrogens (tertiary/aromatic N) is 2. The SMILES string of the molecule is CC(C)CNCC1CCC1n1cc(Br)cn1. The molecular weight excluding hydrogens is 266 g/mol. The standard InChI is InChI=1S/C12H20BrN3/c1-9(2)5-14-6-10-3-4-12(10)16-8-11(13)7-15-16/h7-10,12,14H,3-6H2,1-2H3. The highest BCUT2D eigenvalue weighted by atomic mass is 79.9. The third-order valence-corrected chi connectivity index (χ3v) is 3.66. The van der Waals surface area contributed by atoms with Gasteiger partial charge in [0.15, 0.2) is 0 Å². The second-order valence-electron chi connectivity index (χ2n) is 5.10. The number of rotatable bonds is 5. The Hall–Kier alpha value is -0.350. The van der Waals surface area contributed by atoms with Crippen molar-refractivity contribution < 1.29 is 0 Å². The van der Waals surface area contributed by atoms with Crippen molar-refractivity contribution in [1.29, 1.82) is 0 Å². The number of nitrogens with one attached hydrogen (secondary N) is 1. The molecule has 2 unspecified atom stereocenters. The molecule has 3 nitrogen and oxygen atoms in total. The maximum Gasteiger partial charge on any atom is 0.0632 e. The lowest BCUT2D eigenvalue weighted by Crippen LogP contribution is -2.38. The van der Waals surface area contributed by atoms with Crippen LogP contribution in [-0.4, -0.2) is 22.9 Å². The van der Waals surface area contributed by atoms with Crippen LogP contribution in [-0.2, 0) is 0 Å². The first-order valence-corrected chi connectivity index (χ1v) is 6.86. The van der Waals surface area contributed by atoms with E-state index in [4.69, 9.17) is 0 Å². The zero-order valence-electron chi connectivity index (χ0n) is 9.99. The van der Waals surface area contributed by atoms with Gasteiger partial charge in [0.1, 0.15) is 0 Å². The van der Waals surface area contributed by atoms with Gasteiger partial charge in [-0.1, -0.05) is 13.8 Å². The Morgan fingerprint density at radius 2 is 2.38 bits per heavy atom. The van der Waals surface area contributed by atoms with Crippen molar-refractivity contribution in [3.05, 3.63) is 16.9 Å². The van der Waals surface area contributed by atoms with E-state index in [1.54, 1.807) is 0 Å². The minimum atomic E-state index is 0.603. The lowest BCUT2D eigenvalue weighted by molar-refractivity contribution is 0.162. The van der Waals surface area contributed by atoms with E-state index in [9.17, 15) is 0 Å². The Labute approximate surface area is 106 Å². The van der Waals surface area contributed by atoms with Gasteiger partial charge in [-0.25, -0.2) is 0 Å². The first-order valence-electron chi connectivity index (χ1n) is 6.07. The van der Waals surface area contributed by atoms with E-state index in [0.29, 0.717) is 6.04 Å². The first-order chi connectivity index (χ1) is 7.66. The fourth-order valence-electron chi connectivity index (χ4n) is 2.19. The normalized spacial score (nSPS) is 24.8. The maximum absolute atomic E-state index is 4.37. The van der Waals surface area contributed by atoms with E-state index in [0.717, 1.165) is 29.4 Å². The van der Waals surface area contributed by atoms with Crippen LogP contribution in [0.25, 0.3) is 0 Å². The van der Waals surface area contributed by atoms with Crippen LogP contribution >= 0.6 is 15.9 Å². The van der Waals surface area contributed by atoms with Crippen LogP contribution in [0, 0.1) is 11.8 Å². The molecule has 90 valence electrons. The van der Waals surface area contributed by atoms with Gasteiger partial charge in [-0.15, -0.1) is 0 Å². The highest BCUT2D eigenvalue weighted by molar-refractivity contribution is 9.10. The largest absolute Gasteiger partial charge is 0.316 e. The van der Waals surface area contributed by atoms with Gasteiger partial charge < -0.3 is 5.32 Å². The van der Waals surface area contributed by atoms with Crippen molar-refractivity contribution in [2.24, 2.45) is 11.8 Å². The third kappa shape index (κ3) is 2.86. The summed E-state index contributed by atoms with van der Waals surface area (Å²) in [5, 5.41) is 7.91. The molecule has 1 aliphatic carbocycles. The lowest BCUT2D eigenvalue weighted by Gasteiger charge is -2.37. The topological polar surface area (TPSA) is 29.9 Å². The monoisotopic (exact) mass is 285 g/mol. The Morgan fingerprint density at radius 3 is 2.88 bits per heavy atom. The Morgan fingerprint density at radius 1 is 1.56 bits per heavy atom. The van der Waals surface area contributed by atoms with Crippen LogP contribution in [0.2, 0.25) is 0 Å². The summed E-state index contributed by atoms with van der Waals surface area (Å²) in [6, 6.07) is 0.603. The van der Waals surface area contributed by atoms with Crippen molar-refractivity contribution in [2.75, 3.05) is 13.1 Å². The lowest BCUT2D eigenvalue weighted by atomic mass is 9.79. The summed E-state index contributed by atoms with van der Waals surface area (Å²) >= 11 is 3.45. The molecule has 1 aromatic heterocycles. The molecular formula is C12H20BrN3. The predicted octanol–water partition coefficient (Wildman–Crippen LogP) is 2.84. The molecule has 1 N–H and O–H groups in total. The predicted molar refractivity (Wildman–Crippen MR) is 69.4 cm³/mol. The molecule has 1 saturated carbocycles. The van der Waals surface area contributed by atoms with Gasteiger partial charge in [-0.3, -0.25) is 4.68 Å². The van der Waals surface area contributed by atoms with Crippen LogP contribution in [0.4, 0.5) is 0 Å². The average molecular weight is 286 g/mol. The minimum Gasteiger partial charge on any atom is -0.316 e. The molecule has 0 bridgehead atoms. The minimum absolute atomic E-state index is 0.603. The Kier molecular flexibility index (Phi) is 4.03. The second kappa shape index (κ2) is 5.32. The van der Waals surface area contributed by atoms with Gasteiger partial charge in [0.05, 0.1) is 16.7 Å². The van der Waals surface area contributed by atoms with E-state index in [2.05, 4.69) is 51.1 Å². The molecule has 0 amide bonds. The van der Waals surface area contributed by atoms with Crippen molar-refractivity contribution in [3.8, 4) is 0 Å².